The Morgan fingerprint density at radius 3 is 2.04 bits per heavy atom. The molecule has 7 heteroatoms. The summed E-state index contributed by atoms with van der Waals surface area (Å²) in [5, 5.41) is 0. The van der Waals surface area contributed by atoms with Gasteiger partial charge in [0.25, 0.3) is 5.91 Å². The Balaban J connectivity index is 1.87. The van der Waals surface area contributed by atoms with Crippen LogP contribution in [-0.2, 0) is 14.3 Å². The Morgan fingerprint density at radius 1 is 1.00 bits per heavy atom. The summed E-state index contributed by atoms with van der Waals surface area (Å²) in [6.07, 6.45) is 1.44. The van der Waals surface area contributed by atoms with Crippen LogP contribution in [0.3, 0.4) is 0 Å². The van der Waals surface area contributed by atoms with Crippen LogP contribution in [0.4, 0.5) is 9.59 Å². The number of rotatable bonds is 1. The summed E-state index contributed by atoms with van der Waals surface area (Å²) >= 11 is 0. The van der Waals surface area contributed by atoms with Crippen molar-refractivity contribution in [2.45, 2.75) is 59.2 Å². The van der Waals surface area contributed by atoms with Gasteiger partial charge in [-0.15, -0.1) is 0 Å². The molecule has 2 fully saturated rings. The molecule has 0 atom stereocenters. The molecule has 2 aliphatic heterocycles. The average molecular weight is 352 g/mol. The van der Waals surface area contributed by atoms with Gasteiger partial charge < -0.3 is 14.4 Å². The number of carbonyl (C=O) groups is 3. The maximum Gasteiger partial charge on any atom is 0.417 e. The molecule has 0 radical (unpaired) electrons. The molecule has 3 amide bonds. The summed E-state index contributed by atoms with van der Waals surface area (Å²) in [4.78, 5) is 39.1. The molecule has 0 aromatic heterocycles. The molecule has 0 aliphatic carbocycles. The minimum atomic E-state index is -0.633. The summed E-state index contributed by atoms with van der Waals surface area (Å²) in [5.41, 5.74) is -0.540. The Kier molecular flexibility index (Phi) is 5.16. The van der Waals surface area contributed by atoms with Crippen molar-refractivity contribution in [2.75, 3.05) is 19.6 Å². The van der Waals surface area contributed by atoms with Crippen molar-refractivity contribution in [1.29, 1.82) is 0 Å². The lowest BCUT2D eigenvalue weighted by Crippen LogP contribution is -2.51. The zero-order valence-electron chi connectivity index (χ0n) is 15.9. The van der Waals surface area contributed by atoms with Gasteiger partial charge in [-0.2, -0.15) is 0 Å². The molecular formula is C18H28N2O5. The van der Waals surface area contributed by atoms with E-state index < -0.39 is 17.3 Å². The third-order valence-electron chi connectivity index (χ3n) is 3.74. The average Bonchev–Trinajstić information content (AvgIpc) is 2.70. The number of ether oxygens (including phenoxy) is 2. The van der Waals surface area contributed by atoms with E-state index in [-0.39, 0.29) is 17.9 Å². The summed E-state index contributed by atoms with van der Waals surface area (Å²) in [5.74, 6) is -0.185. The third-order valence-corrected chi connectivity index (χ3v) is 3.74. The zero-order valence-corrected chi connectivity index (χ0v) is 15.9. The number of nitrogens with zero attached hydrogens (tertiary/aromatic N) is 2. The van der Waals surface area contributed by atoms with Crippen molar-refractivity contribution in [3.05, 3.63) is 11.6 Å². The lowest BCUT2D eigenvalue weighted by molar-refractivity contribution is -0.124. The van der Waals surface area contributed by atoms with Gasteiger partial charge >= 0.3 is 12.2 Å². The van der Waals surface area contributed by atoms with Gasteiger partial charge in [0.2, 0.25) is 0 Å². The fourth-order valence-electron chi connectivity index (χ4n) is 2.64. The number of imide groups is 1. The first-order valence-corrected chi connectivity index (χ1v) is 8.59. The highest BCUT2D eigenvalue weighted by Crippen LogP contribution is 2.26. The van der Waals surface area contributed by atoms with Gasteiger partial charge in [-0.25, -0.2) is 14.5 Å². The maximum atomic E-state index is 12.4. The maximum absolute atomic E-state index is 12.4. The minimum absolute atomic E-state index is 0.116. The number of amides is 3. The molecule has 0 saturated carbocycles. The predicted octanol–water partition coefficient (Wildman–Crippen LogP) is 2.95. The first-order valence-electron chi connectivity index (χ1n) is 8.59. The van der Waals surface area contributed by atoms with E-state index in [9.17, 15) is 14.4 Å². The Morgan fingerprint density at radius 2 is 1.52 bits per heavy atom. The normalized spacial score (nSPS) is 20.7. The van der Waals surface area contributed by atoms with Crippen LogP contribution in [0.2, 0.25) is 0 Å². The molecule has 7 nitrogen and oxygen atoms in total. The Hall–Kier alpha value is -2.05. The van der Waals surface area contributed by atoms with Crippen molar-refractivity contribution in [3.63, 3.8) is 0 Å². The highest BCUT2D eigenvalue weighted by atomic mass is 16.6. The van der Waals surface area contributed by atoms with Crippen LogP contribution in [0.25, 0.3) is 0 Å². The molecule has 2 aliphatic rings. The number of hydrogen-bond donors (Lipinski definition) is 0. The highest BCUT2D eigenvalue weighted by molar-refractivity contribution is 6.04. The van der Waals surface area contributed by atoms with E-state index in [0.29, 0.717) is 31.6 Å². The SMILES string of the molecule is CC(C)(C)OC(=O)N1CC(/C=C2\CCN(C(=O)OC(C)(C)C)C2=O)C1. The second-order valence-corrected chi connectivity index (χ2v) is 8.52. The van der Waals surface area contributed by atoms with E-state index in [1.165, 1.54) is 0 Å². The fraction of sp³-hybridized carbons (Fsp3) is 0.722. The van der Waals surface area contributed by atoms with Crippen LogP contribution >= 0.6 is 0 Å². The van der Waals surface area contributed by atoms with Crippen LogP contribution in [0, 0.1) is 5.92 Å². The van der Waals surface area contributed by atoms with Gasteiger partial charge in [0, 0.05) is 31.1 Å². The monoisotopic (exact) mass is 352 g/mol. The zero-order chi connectivity index (χ0) is 19.0. The Bertz CT molecular complexity index is 592. The van der Waals surface area contributed by atoms with E-state index in [0.717, 1.165) is 4.90 Å². The minimum Gasteiger partial charge on any atom is -0.444 e. The highest BCUT2D eigenvalue weighted by Gasteiger charge is 2.37. The molecular weight excluding hydrogens is 324 g/mol. The molecule has 0 unspecified atom stereocenters. The van der Waals surface area contributed by atoms with Gasteiger partial charge in [0.1, 0.15) is 11.2 Å². The van der Waals surface area contributed by atoms with Crippen molar-refractivity contribution in [1.82, 2.24) is 9.80 Å². The van der Waals surface area contributed by atoms with Gasteiger partial charge in [0.15, 0.2) is 0 Å². The van der Waals surface area contributed by atoms with Gasteiger partial charge in [0.05, 0.1) is 0 Å². The van der Waals surface area contributed by atoms with Gasteiger partial charge in [-0.05, 0) is 48.0 Å². The van der Waals surface area contributed by atoms with E-state index >= 15 is 0 Å². The lowest BCUT2D eigenvalue weighted by Gasteiger charge is -2.38. The molecule has 0 bridgehead atoms. The van der Waals surface area contributed by atoms with Crippen molar-refractivity contribution < 1.29 is 23.9 Å². The van der Waals surface area contributed by atoms with Gasteiger partial charge in [-0.3, -0.25) is 4.79 Å². The molecule has 0 aromatic rings. The largest absolute Gasteiger partial charge is 0.444 e. The standard InChI is InChI=1S/C18H28N2O5/c1-17(2,3)24-15(22)19-10-12(11-19)9-13-7-8-20(14(13)21)16(23)25-18(4,5)6/h9,12H,7-8,10-11H2,1-6H3/b13-9+. The summed E-state index contributed by atoms with van der Waals surface area (Å²) in [6.45, 7) is 12.2. The topological polar surface area (TPSA) is 76.2 Å². The fourth-order valence-corrected chi connectivity index (χ4v) is 2.64. The van der Waals surface area contributed by atoms with Crippen LogP contribution in [0.1, 0.15) is 48.0 Å². The van der Waals surface area contributed by atoms with Crippen molar-refractivity contribution >= 4 is 18.1 Å². The molecule has 140 valence electrons. The molecule has 25 heavy (non-hydrogen) atoms. The molecule has 2 rings (SSSR count). The molecule has 0 aromatic carbocycles. The smallest absolute Gasteiger partial charge is 0.417 e. The first kappa shape index (κ1) is 19.3. The third kappa shape index (κ3) is 5.21. The van der Waals surface area contributed by atoms with E-state index in [4.69, 9.17) is 9.47 Å². The Labute approximate surface area is 148 Å². The second-order valence-electron chi connectivity index (χ2n) is 8.52. The predicted molar refractivity (Wildman–Crippen MR) is 91.9 cm³/mol. The summed E-state index contributed by atoms with van der Waals surface area (Å²) < 4.78 is 10.6. The van der Waals surface area contributed by atoms with E-state index in [2.05, 4.69) is 0 Å². The van der Waals surface area contributed by atoms with Crippen LogP contribution < -0.4 is 0 Å². The number of hydrogen-bond acceptors (Lipinski definition) is 5. The number of carbonyl (C=O) groups excluding carboxylic acids is 3. The van der Waals surface area contributed by atoms with Gasteiger partial charge in [-0.1, -0.05) is 6.08 Å². The molecule has 2 saturated heterocycles. The molecule has 0 N–H and O–H groups in total. The van der Waals surface area contributed by atoms with Crippen molar-refractivity contribution in [2.24, 2.45) is 5.92 Å². The lowest BCUT2D eigenvalue weighted by atomic mass is 9.97. The number of likely N-dealkylation sites (tertiary alicyclic amines) is 2. The molecule has 2 heterocycles. The molecule has 0 spiro atoms. The summed E-state index contributed by atoms with van der Waals surface area (Å²) in [6, 6.07) is 0. The van der Waals surface area contributed by atoms with Crippen LogP contribution in [-0.4, -0.2) is 58.7 Å². The first-order chi connectivity index (χ1) is 11.4. The summed E-state index contributed by atoms with van der Waals surface area (Å²) in [7, 11) is 0. The van der Waals surface area contributed by atoms with Crippen LogP contribution in [0.15, 0.2) is 11.6 Å². The van der Waals surface area contributed by atoms with E-state index in [1.807, 2.05) is 26.8 Å². The van der Waals surface area contributed by atoms with E-state index in [1.54, 1.807) is 25.7 Å². The second kappa shape index (κ2) is 6.69. The van der Waals surface area contributed by atoms with Crippen molar-refractivity contribution in [3.8, 4) is 0 Å². The van der Waals surface area contributed by atoms with Crippen LogP contribution in [0.5, 0.6) is 0 Å². The quantitative estimate of drug-likeness (QED) is 0.678.